The summed E-state index contributed by atoms with van der Waals surface area (Å²) < 4.78 is 11.0. The summed E-state index contributed by atoms with van der Waals surface area (Å²) in [6, 6.07) is 12.6. The Hall–Kier alpha value is -1.62. The molecule has 4 nitrogen and oxygen atoms in total. The van der Waals surface area contributed by atoms with Crippen molar-refractivity contribution in [1.29, 1.82) is 0 Å². The zero-order chi connectivity index (χ0) is 20.6. The smallest absolute Gasteiger partial charge is 0.171 e. The van der Waals surface area contributed by atoms with Gasteiger partial charge in [0.25, 0.3) is 0 Å². The van der Waals surface area contributed by atoms with Gasteiger partial charge in [0.05, 0.1) is 6.61 Å². The molecule has 5 heteroatoms. The van der Waals surface area contributed by atoms with Crippen LogP contribution in [0.1, 0.15) is 49.4 Å². The van der Waals surface area contributed by atoms with E-state index in [1.165, 1.54) is 11.1 Å². The Bertz CT molecular complexity index is 767. The van der Waals surface area contributed by atoms with E-state index in [2.05, 4.69) is 55.6 Å². The molecule has 1 aromatic heterocycles. The van der Waals surface area contributed by atoms with Gasteiger partial charge >= 0.3 is 0 Å². The van der Waals surface area contributed by atoms with E-state index in [1.54, 1.807) is 7.11 Å². The fraction of sp³-hybridized carbons (Fsp3) is 0.542. The Morgan fingerprint density at radius 2 is 2.00 bits per heavy atom. The Morgan fingerprint density at radius 3 is 2.72 bits per heavy atom. The number of benzene rings is 1. The van der Waals surface area contributed by atoms with Gasteiger partial charge in [0.1, 0.15) is 0 Å². The van der Waals surface area contributed by atoms with Crippen molar-refractivity contribution in [3.63, 3.8) is 0 Å². The summed E-state index contributed by atoms with van der Waals surface area (Å²) in [5, 5.41) is 4.10. The third kappa shape index (κ3) is 6.18. The summed E-state index contributed by atoms with van der Waals surface area (Å²) in [6.45, 7) is 7.67. The van der Waals surface area contributed by atoms with E-state index in [4.69, 9.17) is 26.1 Å². The van der Waals surface area contributed by atoms with Crippen LogP contribution in [0.2, 0.25) is 5.15 Å². The number of halogens is 1. The lowest BCUT2D eigenvalue weighted by atomic mass is 9.74. The molecule has 1 N–H and O–H groups in total. The SMILES string of the molecule is COCCCOc1cc2c(nc1Cl)C(CNCc1ccccc1)CC(C(C)C)C2. The number of hydrogen-bond acceptors (Lipinski definition) is 4. The maximum atomic E-state index is 6.48. The van der Waals surface area contributed by atoms with Crippen molar-refractivity contribution in [2.24, 2.45) is 11.8 Å². The molecule has 29 heavy (non-hydrogen) atoms. The van der Waals surface area contributed by atoms with Crippen molar-refractivity contribution in [1.82, 2.24) is 10.3 Å². The largest absolute Gasteiger partial charge is 0.490 e. The van der Waals surface area contributed by atoms with E-state index in [9.17, 15) is 0 Å². The Balaban J connectivity index is 1.71. The molecule has 0 radical (unpaired) electrons. The van der Waals surface area contributed by atoms with Crippen molar-refractivity contribution in [2.45, 2.75) is 45.6 Å². The van der Waals surface area contributed by atoms with Crippen molar-refractivity contribution < 1.29 is 9.47 Å². The first kappa shape index (κ1) is 22.1. The van der Waals surface area contributed by atoms with Crippen molar-refractivity contribution in [2.75, 3.05) is 26.9 Å². The zero-order valence-corrected chi connectivity index (χ0v) is 18.5. The maximum absolute atomic E-state index is 6.48. The van der Waals surface area contributed by atoms with E-state index in [0.29, 0.717) is 41.9 Å². The van der Waals surface area contributed by atoms with Crippen molar-refractivity contribution in [3.05, 3.63) is 58.4 Å². The number of hydrogen-bond donors (Lipinski definition) is 1. The number of aromatic nitrogens is 1. The molecule has 1 aromatic carbocycles. The van der Waals surface area contributed by atoms with Crippen LogP contribution in [-0.4, -0.2) is 31.9 Å². The number of nitrogens with one attached hydrogen (secondary N) is 1. The minimum Gasteiger partial charge on any atom is -0.490 e. The van der Waals surface area contributed by atoms with Gasteiger partial charge < -0.3 is 14.8 Å². The lowest BCUT2D eigenvalue weighted by Gasteiger charge is -2.33. The van der Waals surface area contributed by atoms with Crippen LogP contribution in [0, 0.1) is 11.8 Å². The van der Waals surface area contributed by atoms with Crippen molar-refractivity contribution >= 4 is 11.6 Å². The highest BCUT2D eigenvalue weighted by Gasteiger charge is 2.31. The minimum absolute atomic E-state index is 0.370. The molecule has 0 saturated carbocycles. The van der Waals surface area contributed by atoms with Gasteiger partial charge in [-0.1, -0.05) is 55.8 Å². The number of fused-ring (bicyclic) bond motifs is 1. The standard InChI is InChI=1S/C24H33ClN2O2/c1-17(2)19-12-20-14-22(29-11-7-10-28-3)24(25)27-23(20)21(13-19)16-26-15-18-8-5-4-6-9-18/h4-6,8-9,14,17,19,21,26H,7,10-13,15-16H2,1-3H3. The molecule has 0 aliphatic heterocycles. The molecule has 0 fully saturated rings. The average Bonchev–Trinajstić information content (AvgIpc) is 2.72. The molecule has 2 aromatic rings. The number of methoxy groups -OCH3 is 1. The van der Waals surface area contributed by atoms with E-state index in [0.717, 1.165) is 38.0 Å². The predicted octanol–water partition coefficient (Wildman–Crippen LogP) is 5.24. The highest BCUT2D eigenvalue weighted by Crippen LogP contribution is 2.40. The summed E-state index contributed by atoms with van der Waals surface area (Å²) in [5.74, 6) is 2.36. The molecule has 3 rings (SSSR count). The lowest BCUT2D eigenvalue weighted by Crippen LogP contribution is -2.30. The fourth-order valence-electron chi connectivity index (χ4n) is 4.05. The van der Waals surface area contributed by atoms with Gasteiger partial charge in [-0.2, -0.15) is 0 Å². The molecular weight excluding hydrogens is 384 g/mol. The first-order chi connectivity index (χ1) is 14.1. The van der Waals surface area contributed by atoms with Crippen molar-refractivity contribution in [3.8, 4) is 5.75 Å². The molecule has 0 spiro atoms. The van der Waals surface area contributed by atoms with Crippen LogP contribution in [0.5, 0.6) is 5.75 Å². The summed E-state index contributed by atoms with van der Waals surface area (Å²) in [6.07, 6.45) is 3.02. The van der Waals surface area contributed by atoms with Gasteiger partial charge in [-0.25, -0.2) is 4.98 Å². The number of nitrogens with zero attached hydrogens (tertiary/aromatic N) is 1. The van der Waals surface area contributed by atoms with Crippen LogP contribution in [0.15, 0.2) is 36.4 Å². The van der Waals surface area contributed by atoms with Crippen LogP contribution in [0.3, 0.4) is 0 Å². The second kappa shape index (κ2) is 11.0. The molecule has 0 bridgehead atoms. The first-order valence-electron chi connectivity index (χ1n) is 10.6. The van der Waals surface area contributed by atoms with Gasteiger partial charge in [-0.15, -0.1) is 0 Å². The maximum Gasteiger partial charge on any atom is 0.171 e. The summed E-state index contributed by atoms with van der Waals surface area (Å²) >= 11 is 6.48. The number of ether oxygens (including phenoxy) is 2. The topological polar surface area (TPSA) is 43.4 Å². The van der Waals surface area contributed by atoms with Crippen LogP contribution in [-0.2, 0) is 17.7 Å². The van der Waals surface area contributed by atoms with Gasteiger partial charge in [-0.05, 0) is 41.9 Å². The molecule has 1 aliphatic rings. The second-order valence-electron chi connectivity index (χ2n) is 8.27. The highest BCUT2D eigenvalue weighted by molar-refractivity contribution is 6.30. The van der Waals surface area contributed by atoms with E-state index >= 15 is 0 Å². The quantitative estimate of drug-likeness (QED) is 0.424. The highest BCUT2D eigenvalue weighted by atomic mass is 35.5. The fourth-order valence-corrected chi connectivity index (χ4v) is 4.25. The van der Waals surface area contributed by atoms with Gasteiger partial charge in [0.15, 0.2) is 10.9 Å². The lowest BCUT2D eigenvalue weighted by molar-refractivity contribution is 0.172. The Labute approximate surface area is 180 Å². The Kier molecular flexibility index (Phi) is 8.34. The van der Waals surface area contributed by atoms with E-state index < -0.39 is 0 Å². The van der Waals surface area contributed by atoms with Crippen LogP contribution >= 0.6 is 11.6 Å². The molecule has 2 unspecified atom stereocenters. The number of pyridine rings is 1. The molecule has 158 valence electrons. The van der Waals surface area contributed by atoms with Crippen LogP contribution in [0.4, 0.5) is 0 Å². The molecule has 1 heterocycles. The van der Waals surface area contributed by atoms with Gasteiger partial charge in [-0.3, -0.25) is 0 Å². The monoisotopic (exact) mass is 416 g/mol. The summed E-state index contributed by atoms with van der Waals surface area (Å²) in [5.41, 5.74) is 3.72. The number of rotatable bonds is 10. The predicted molar refractivity (Wildman–Crippen MR) is 119 cm³/mol. The summed E-state index contributed by atoms with van der Waals surface area (Å²) in [4.78, 5) is 4.78. The zero-order valence-electron chi connectivity index (χ0n) is 17.8. The minimum atomic E-state index is 0.370. The first-order valence-corrected chi connectivity index (χ1v) is 11.0. The van der Waals surface area contributed by atoms with Crippen LogP contribution in [0.25, 0.3) is 0 Å². The second-order valence-corrected chi connectivity index (χ2v) is 8.63. The molecular formula is C24H33ClN2O2. The molecule has 1 aliphatic carbocycles. The molecule has 0 amide bonds. The molecule has 2 atom stereocenters. The van der Waals surface area contributed by atoms with Crippen LogP contribution < -0.4 is 10.1 Å². The van der Waals surface area contributed by atoms with E-state index in [-0.39, 0.29) is 0 Å². The van der Waals surface area contributed by atoms with Gasteiger partial charge in [0, 0.05) is 44.8 Å². The summed E-state index contributed by atoms with van der Waals surface area (Å²) in [7, 11) is 1.70. The third-order valence-corrected chi connectivity index (χ3v) is 6.04. The normalized spacial score (nSPS) is 18.7. The third-order valence-electron chi connectivity index (χ3n) is 5.77. The van der Waals surface area contributed by atoms with Gasteiger partial charge in [0.2, 0.25) is 0 Å². The average molecular weight is 417 g/mol. The Morgan fingerprint density at radius 1 is 1.21 bits per heavy atom. The van der Waals surface area contributed by atoms with E-state index in [1.807, 2.05) is 0 Å². The molecule has 0 saturated heterocycles.